The first-order chi connectivity index (χ1) is 10.6. The van der Waals surface area contributed by atoms with Crippen LogP contribution < -0.4 is 10.1 Å². The van der Waals surface area contributed by atoms with Crippen LogP contribution >= 0.6 is 0 Å². The highest BCUT2D eigenvalue weighted by Crippen LogP contribution is 2.29. The predicted molar refractivity (Wildman–Crippen MR) is 80.1 cm³/mol. The van der Waals surface area contributed by atoms with Gasteiger partial charge in [0, 0.05) is 12.6 Å². The van der Waals surface area contributed by atoms with Crippen LogP contribution in [0.15, 0.2) is 18.2 Å². The number of nitrogens with zero attached hydrogens (tertiary/aromatic N) is 2. The number of fused-ring (bicyclic) bond motifs is 3. The van der Waals surface area contributed by atoms with Crippen molar-refractivity contribution in [2.75, 3.05) is 26.7 Å². The van der Waals surface area contributed by atoms with Crippen LogP contribution in [-0.2, 0) is 0 Å². The lowest BCUT2D eigenvalue weighted by molar-refractivity contribution is -0.385. The van der Waals surface area contributed by atoms with E-state index in [0.717, 1.165) is 32.5 Å². The van der Waals surface area contributed by atoms with E-state index in [0.29, 0.717) is 11.7 Å². The van der Waals surface area contributed by atoms with Gasteiger partial charge in [-0.25, -0.2) is 0 Å². The number of rotatable bonds is 4. The molecular formula is C15H19N3O4. The van der Waals surface area contributed by atoms with Crippen molar-refractivity contribution in [3.05, 3.63) is 33.9 Å². The van der Waals surface area contributed by atoms with Crippen molar-refractivity contribution in [3.63, 3.8) is 0 Å². The lowest BCUT2D eigenvalue weighted by Crippen LogP contribution is -2.57. The number of ether oxygens (including phenoxy) is 1. The second-order valence-corrected chi connectivity index (χ2v) is 5.86. The number of piperidine rings is 3. The Kier molecular flexibility index (Phi) is 3.98. The minimum atomic E-state index is -0.548. The number of carbonyl (C=O) groups excluding carboxylic acids is 1. The van der Waals surface area contributed by atoms with Crippen molar-refractivity contribution in [3.8, 4) is 5.75 Å². The Morgan fingerprint density at radius 3 is 2.68 bits per heavy atom. The zero-order valence-electron chi connectivity index (χ0n) is 12.4. The van der Waals surface area contributed by atoms with E-state index in [1.807, 2.05) is 0 Å². The molecule has 0 radical (unpaired) electrons. The van der Waals surface area contributed by atoms with Gasteiger partial charge in [-0.05, 0) is 44.0 Å². The zero-order chi connectivity index (χ0) is 15.7. The average molecular weight is 305 g/mol. The summed E-state index contributed by atoms with van der Waals surface area (Å²) in [5.41, 5.74) is -0.139. The van der Waals surface area contributed by atoms with Crippen LogP contribution in [0.3, 0.4) is 0 Å². The maximum absolute atomic E-state index is 12.4. The van der Waals surface area contributed by atoms with Gasteiger partial charge in [0.1, 0.15) is 11.3 Å². The van der Waals surface area contributed by atoms with E-state index in [2.05, 4.69) is 10.2 Å². The van der Waals surface area contributed by atoms with Gasteiger partial charge in [0.2, 0.25) is 0 Å². The van der Waals surface area contributed by atoms with Gasteiger partial charge >= 0.3 is 0 Å². The van der Waals surface area contributed by atoms with Crippen LogP contribution in [0, 0.1) is 16.0 Å². The lowest BCUT2D eigenvalue weighted by atomic mass is 9.84. The fourth-order valence-electron chi connectivity index (χ4n) is 3.36. The number of hydrogen-bond acceptors (Lipinski definition) is 5. The molecule has 7 nitrogen and oxygen atoms in total. The fourth-order valence-corrected chi connectivity index (χ4v) is 3.36. The molecule has 2 bridgehead atoms. The molecule has 1 unspecified atom stereocenters. The predicted octanol–water partition coefficient (Wildman–Crippen LogP) is 1.43. The number of methoxy groups -OCH3 is 1. The van der Waals surface area contributed by atoms with Gasteiger partial charge in [-0.15, -0.1) is 0 Å². The summed E-state index contributed by atoms with van der Waals surface area (Å²) >= 11 is 0. The molecule has 1 atom stereocenters. The molecular weight excluding hydrogens is 286 g/mol. The number of amides is 1. The van der Waals surface area contributed by atoms with E-state index >= 15 is 0 Å². The first kappa shape index (κ1) is 14.8. The summed E-state index contributed by atoms with van der Waals surface area (Å²) in [4.78, 5) is 25.4. The van der Waals surface area contributed by atoms with Crippen molar-refractivity contribution in [2.45, 2.75) is 18.9 Å². The van der Waals surface area contributed by atoms with E-state index in [1.54, 1.807) is 6.07 Å². The number of nitrogens with one attached hydrogen (secondary N) is 1. The molecule has 118 valence electrons. The highest BCUT2D eigenvalue weighted by atomic mass is 16.6. The van der Waals surface area contributed by atoms with Crippen molar-refractivity contribution >= 4 is 11.6 Å². The van der Waals surface area contributed by atoms with E-state index in [4.69, 9.17) is 4.74 Å². The minimum Gasteiger partial charge on any atom is -0.497 e. The highest BCUT2D eigenvalue weighted by molar-refractivity contribution is 5.98. The topological polar surface area (TPSA) is 84.7 Å². The second-order valence-electron chi connectivity index (χ2n) is 5.86. The molecule has 3 fully saturated rings. The lowest BCUT2D eigenvalue weighted by Gasteiger charge is -2.44. The van der Waals surface area contributed by atoms with E-state index in [1.165, 1.54) is 19.2 Å². The largest absolute Gasteiger partial charge is 0.497 e. The first-order valence-corrected chi connectivity index (χ1v) is 7.44. The van der Waals surface area contributed by atoms with E-state index in [-0.39, 0.29) is 23.2 Å². The van der Waals surface area contributed by atoms with Crippen LogP contribution in [-0.4, -0.2) is 48.5 Å². The third-order valence-electron chi connectivity index (χ3n) is 4.62. The van der Waals surface area contributed by atoms with E-state index < -0.39 is 4.92 Å². The Balaban J connectivity index is 1.78. The molecule has 1 N–H and O–H groups in total. The quantitative estimate of drug-likeness (QED) is 0.672. The van der Waals surface area contributed by atoms with Gasteiger partial charge in [-0.2, -0.15) is 0 Å². The summed E-state index contributed by atoms with van der Waals surface area (Å²) in [6.45, 7) is 3.00. The van der Waals surface area contributed by atoms with Crippen molar-refractivity contribution < 1.29 is 14.5 Å². The maximum atomic E-state index is 12.4. The van der Waals surface area contributed by atoms with Gasteiger partial charge in [-0.1, -0.05) is 0 Å². The third-order valence-corrected chi connectivity index (χ3v) is 4.62. The molecule has 3 aliphatic rings. The molecule has 0 saturated carbocycles. The summed E-state index contributed by atoms with van der Waals surface area (Å²) < 4.78 is 4.99. The zero-order valence-corrected chi connectivity index (χ0v) is 12.4. The SMILES string of the molecule is COc1ccc(C(=O)NC2CN3CCC2CC3)c([N+](=O)[O-])c1. The smallest absolute Gasteiger partial charge is 0.285 e. The van der Waals surface area contributed by atoms with Crippen molar-refractivity contribution in [2.24, 2.45) is 5.92 Å². The number of hydrogen-bond donors (Lipinski definition) is 1. The maximum Gasteiger partial charge on any atom is 0.285 e. The molecule has 0 aliphatic carbocycles. The summed E-state index contributed by atoms with van der Waals surface area (Å²) in [6, 6.07) is 4.38. The van der Waals surface area contributed by atoms with Gasteiger partial charge in [-0.3, -0.25) is 14.9 Å². The first-order valence-electron chi connectivity index (χ1n) is 7.44. The van der Waals surface area contributed by atoms with Gasteiger partial charge in [0.15, 0.2) is 0 Å². The number of nitro benzene ring substituents is 1. The number of nitro groups is 1. The van der Waals surface area contributed by atoms with Crippen molar-refractivity contribution in [1.29, 1.82) is 0 Å². The highest BCUT2D eigenvalue weighted by Gasteiger charge is 2.35. The summed E-state index contributed by atoms with van der Waals surface area (Å²) in [7, 11) is 1.44. The van der Waals surface area contributed by atoms with E-state index in [9.17, 15) is 14.9 Å². The Morgan fingerprint density at radius 2 is 2.14 bits per heavy atom. The van der Waals surface area contributed by atoms with Gasteiger partial charge in [0.25, 0.3) is 11.6 Å². The fraction of sp³-hybridized carbons (Fsp3) is 0.533. The van der Waals surface area contributed by atoms with Gasteiger partial charge in [0.05, 0.1) is 18.1 Å². The Labute approximate surface area is 128 Å². The van der Waals surface area contributed by atoms with Crippen LogP contribution in [0.5, 0.6) is 5.75 Å². The van der Waals surface area contributed by atoms with Gasteiger partial charge < -0.3 is 15.0 Å². The summed E-state index contributed by atoms with van der Waals surface area (Å²) in [6.07, 6.45) is 2.16. The van der Waals surface area contributed by atoms with Crippen LogP contribution in [0.25, 0.3) is 0 Å². The molecule has 7 heteroatoms. The molecule has 1 amide bonds. The summed E-state index contributed by atoms with van der Waals surface area (Å²) in [5, 5.41) is 14.1. The Hall–Kier alpha value is -2.15. The van der Waals surface area contributed by atoms with Crippen LogP contribution in [0.2, 0.25) is 0 Å². The normalized spacial score (nSPS) is 26.5. The van der Waals surface area contributed by atoms with Crippen LogP contribution in [0.1, 0.15) is 23.2 Å². The number of carbonyl (C=O) groups is 1. The van der Waals surface area contributed by atoms with Crippen molar-refractivity contribution in [1.82, 2.24) is 10.2 Å². The summed E-state index contributed by atoms with van der Waals surface area (Å²) in [5.74, 6) is 0.463. The molecule has 3 aliphatic heterocycles. The standard InChI is InChI=1S/C15H19N3O4/c1-22-11-2-3-12(14(8-11)18(20)21)15(19)16-13-9-17-6-4-10(13)5-7-17/h2-3,8,10,13H,4-7,9H2,1H3,(H,16,19). The molecule has 3 saturated heterocycles. The monoisotopic (exact) mass is 305 g/mol. The average Bonchev–Trinajstić information content (AvgIpc) is 2.55. The minimum absolute atomic E-state index is 0.0803. The molecule has 22 heavy (non-hydrogen) atoms. The Morgan fingerprint density at radius 1 is 1.41 bits per heavy atom. The number of benzene rings is 1. The molecule has 1 aromatic carbocycles. The third kappa shape index (κ3) is 2.76. The molecule has 3 heterocycles. The molecule has 0 aromatic heterocycles. The van der Waals surface area contributed by atoms with Crippen LogP contribution in [0.4, 0.5) is 5.69 Å². The molecule has 0 spiro atoms. The Bertz CT molecular complexity index is 596. The molecule has 4 rings (SSSR count). The second kappa shape index (κ2) is 5.92. The molecule has 1 aromatic rings.